The number of benzene rings is 2. The number of hydrogen-bond acceptors (Lipinski definition) is 7. The largest absolute Gasteiger partial charge is 0.454 e. The first-order chi connectivity index (χ1) is 16.2. The molecule has 0 aliphatic carbocycles. The van der Waals surface area contributed by atoms with Crippen LogP contribution in [0.25, 0.3) is 0 Å². The number of carbonyl (C=O) groups is 2. The Labute approximate surface area is 195 Å². The molecule has 10 nitrogen and oxygen atoms in total. The standard InChI is InChI=1S/C22H22FN3O7S/c23-17-6-1-2-8-20(17)34(31,32)25-12-4-7-19(25)22(28)33-14-21(27)24-11-3-5-15-13-16(26(29)30)9-10-18(15)24/h1-2,6,8-10,13,19H,3-5,7,11-12,14H2/t19-/m0/s1. The molecular weight excluding hydrogens is 469 g/mol. The maximum Gasteiger partial charge on any atom is 0.324 e. The van der Waals surface area contributed by atoms with Crippen LogP contribution in [0.5, 0.6) is 0 Å². The minimum absolute atomic E-state index is 0.0304. The zero-order chi connectivity index (χ0) is 24.5. The van der Waals surface area contributed by atoms with Crippen LogP contribution in [-0.2, 0) is 30.8 Å². The highest BCUT2D eigenvalue weighted by atomic mass is 32.2. The minimum atomic E-state index is -4.27. The number of nitrogens with zero attached hydrogens (tertiary/aromatic N) is 3. The second-order valence-electron chi connectivity index (χ2n) is 8.03. The highest BCUT2D eigenvalue weighted by molar-refractivity contribution is 7.89. The van der Waals surface area contributed by atoms with Gasteiger partial charge in [-0.15, -0.1) is 0 Å². The van der Waals surface area contributed by atoms with Crippen LogP contribution in [0.15, 0.2) is 47.4 Å². The van der Waals surface area contributed by atoms with E-state index in [1.165, 1.54) is 35.2 Å². The molecule has 0 spiro atoms. The van der Waals surface area contributed by atoms with E-state index in [1.807, 2.05) is 0 Å². The average Bonchev–Trinajstić information content (AvgIpc) is 3.33. The summed E-state index contributed by atoms with van der Waals surface area (Å²) in [5.74, 6) is -2.32. The van der Waals surface area contributed by atoms with Crippen LogP contribution in [0.1, 0.15) is 24.8 Å². The summed E-state index contributed by atoms with van der Waals surface area (Å²) in [7, 11) is -4.27. The third-order valence-corrected chi connectivity index (χ3v) is 7.87. The first-order valence-corrected chi connectivity index (χ1v) is 12.1. The SMILES string of the molecule is O=C(OCC(=O)N1CCCc2cc([N+](=O)[O-])ccc21)[C@@H]1CCCN1S(=O)(=O)c1ccccc1F. The number of carbonyl (C=O) groups excluding carboxylic acids is 2. The molecule has 4 rings (SSSR count). The summed E-state index contributed by atoms with van der Waals surface area (Å²) in [6.07, 6.45) is 1.74. The van der Waals surface area contributed by atoms with Crippen LogP contribution in [0.2, 0.25) is 0 Å². The predicted octanol–water partition coefficient (Wildman–Crippen LogP) is 2.41. The third kappa shape index (κ3) is 4.50. The van der Waals surface area contributed by atoms with E-state index >= 15 is 0 Å². The number of halogens is 1. The quantitative estimate of drug-likeness (QED) is 0.345. The predicted molar refractivity (Wildman–Crippen MR) is 118 cm³/mol. The summed E-state index contributed by atoms with van der Waals surface area (Å²) in [6.45, 7) is -0.222. The fourth-order valence-corrected chi connectivity index (χ4v) is 6.02. The molecule has 0 bridgehead atoms. The Kier molecular flexibility index (Phi) is 6.62. The first-order valence-electron chi connectivity index (χ1n) is 10.7. The van der Waals surface area contributed by atoms with Crippen molar-refractivity contribution in [3.63, 3.8) is 0 Å². The summed E-state index contributed by atoms with van der Waals surface area (Å²) in [5.41, 5.74) is 1.09. The molecule has 0 unspecified atom stereocenters. The molecule has 2 heterocycles. The fourth-order valence-electron chi connectivity index (χ4n) is 4.31. The van der Waals surface area contributed by atoms with E-state index < -0.39 is 50.2 Å². The number of nitro groups is 1. The summed E-state index contributed by atoms with van der Waals surface area (Å²) in [5, 5.41) is 11.0. The van der Waals surface area contributed by atoms with Crippen LogP contribution >= 0.6 is 0 Å². The molecule has 0 aromatic heterocycles. The van der Waals surface area contributed by atoms with Crippen LogP contribution in [0.3, 0.4) is 0 Å². The van der Waals surface area contributed by atoms with Crippen molar-refractivity contribution >= 4 is 33.3 Å². The number of hydrogen-bond donors (Lipinski definition) is 0. The Morgan fingerprint density at radius 1 is 1.15 bits per heavy atom. The molecule has 34 heavy (non-hydrogen) atoms. The van der Waals surface area contributed by atoms with Gasteiger partial charge in [0, 0.05) is 30.9 Å². The zero-order valence-corrected chi connectivity index (χ0v) is 18.9. The second-order valence-corrected chi connectivity index (χ2v) is 9.89. The lowest BCUT2D eigenvalue weighted by molar-refractivity contribution is -0.384. The van der Waals surface area contributed by atoms with E-state index in [2.05, 4.69) is 0 Å². The molecule has 1 atom stereocenters. The zero-order valence-electron chi connectivity index (χ0n) is 18.1. The number of nitro benzene ring substituents is 1. The number of sulfonamides is 1. The van der Waals surface area contributed by atoms with E-state index in [0.717, 1.165) is 16.4 Å². The van der Waals surface area contributed by atoms with Gasteiger partial charge in [-0.1, -0.05) is 12.1 Å². The molecule has 2 aliphatic heterocycles. The van der Waals surface area contributed by atoms with Crippen molar-refractivity contribution in [2.24, 2.45) is 0 Å². The van der Waals surface area contributed by atoms with E-state index in [4.69, 9.17) is 4.74 Å². The Morgan fingerprint density at radius 3 is 2.65 bits per heavy atom. The molecule has 1 amide bonds. The van der Waals surface area contributed by atoms with Crippen molar-refractivity contribution in [1.82, 2.24) is 4.31 Å². The third-order valence-electron chi connectivity index (χ3n) is 5.93. The van der Waals surface area contributed by atoms with E-state index in [1.54, 1.807) is 0 Å². The second kappa shape index (κ2) is 9.47. The van der Waals surface area contributed by atoms with Crippen LogP contribution in [0.4, 0.5) is 15.8 Å². The van der Waals surface area contributed by atoms with Gasteiger partial charge in [0.25, 0.3) is 11.6 Å². The number of ether oxygens (including phenoxy) is 1. The fraction of sp³-hybridized carbons (Fsp3) is 0.364. The molecular formula is C22H22FN3O7S. The molecule has 0 radical (unpaired) electrons. The molecule has 180 valence electrons. The molecule has 0 saturated carbocycles. The Balaban J connectivity index is 1.44. The molecule has 1 fully saturated rings. The lowest BCUT2D eigenvalue weighted by Gasteiger charge is -2.29. The molecule has 12 heteroatoms. The summed E-state index contributed by atoms with van der Waals surface area (Å²) >= 11 is 0. The molecule has 2 aromatic carbocycles. The van der Waals surface area contributed by atoms with Gasteiger partial charge in [0.1, 0.15) is 16.8 Å². The van der Waals surface area contributed by atoms with Crippen LogP contribution < -0.4 is 4.90 Å². The van der Waals surface area contributed by atoms with Gasteiger partial charge in [0.05, 0.1) is 4.92 Å². The van der Waals surface area contributed by atoms with Gasteiger partial charge in [-0.2, -0.15) is 4.31 Å². The van der Waals surface area contributed by atoms with Crippen LogP contribution in [-0.4, -0.2) is 55.3 Å². The van der Waals surface area contributed by atoms with Gasteiger partial charge in [-0.25, -0.2) is 12.8 Å². The Bertz CT molecular complexity index is 1250. The maximum atomic E-state index is 14.1. The monoisotopic (exact) mass is 491 g/mol. The van der Waals surface area contributed by atoms with Gasteiger partial charge >= 0.3 is 5.97 Å². The van der Waals surface area contributed by atoms with Crippen molar-refractivity contribution in [3.05, 3.63) is 64.0 Å². The summed E-state index contributed by atoms with van der Waals surface area (Å²) in [4.78, 5) is 36.9. The van der Waals surface area contributed by atoms with E-state index in [0.29, 0.717) is 37.1 Å². The smallest absolute Gasteiger partial charge is 0.324 e. The van der Waals surface area contributed by atoms with Gasteiger partial charge in [0.2, 0.25) is 10.0 Å². The number of aryl methyl sites for hydroxylation is 1. The van der Waals surface area contributed by atoms with Crippen molar-refractivity contribution in [3.8, 4) is 0 Å². The number of amides is 1. The average molecular weight is 491 g/mol. The Morgan fingerprint density at radius 2 is 1.91 bits per heavy atom. The molecule has 1 saturated heterocycles. The van der Waals surface area contributed by atoms with Crippen LogP contribution in [0, 0.1) is 15.9 Å². The minimum Gasteiger partial charge on any atom is -0.454 e. The summed E-state index contributed by atoms with van der Waals surface area (Å²) < 4.78 is 46.0. The van der Waals surface area contributed by atoms with E-state index in [-0.39, 0.29) is 18.7 Å². The maximum absolute atomic E-state index is 14.1. The van der Waals surface area contributed by atoms with Crippen molar-refractivity contribution in [2.45, 2.75) is 36.6 Å². The molecule has 2 aliphatic rings. The van der Waals surface area contributed by atoms with Crippen molar-refractivity contribution in [1.29, 1.82) is 0 Å². The normalized spacial score (nSPS) is 18.4. The van der Waals surface area contributed by atoms with Crippen molar-refractivity contribution in [2.75, 3.05) is 24.6 Å². The lowest BCUT2D eigenvalue weighted by Crippen LogP contribution is -2.43. The highest BCUT2D eigenvalue weighted by Gasteiger charge is 2.41. The highest BCUT2D eigenvalue weighted by Crippen LogP contribution is 2.31. The lowest BCUT2D eigenvalue weighted by atomic mass is 10.0. The number of anilines is 1. The van der Waals surface area contributed by atoms with Gasteiger partial charge in [0.15, 0.2) is 6.61 Å². The Hall–Kier alpha value is -3.38. The van der Waals surface area contributed by atoms with E-state index in [9.17, 15) is 32.5 Å². The number of fused-ring (bicyclic) bond motifs is 1. The number of esters is 1. The van der Waals surface area contributed by atoms with Gasteiger partial charge in [-0.05, 0) is 49.4 Å². The molecule has 0 N–H and O–H groups in total. The summed E-state index contributed by atoms with van der Waals surface area (Å²) in [6, 6.07) is 7.98. The van der Waals surface area contributed by atoms with Crippen molar-refractivity contribution < 1.29 is 32.1 Å². The first kappa shape index (κ1) is 23.8. The van der Waals surface area contributed by atoms with Gasteiger partial charge < -0.3 is 9.64 Å². The number of non-ortho nitro benzene ring substituents is 1. The topological polar surface area (TPSA) is 127 Å². The molecule has 2 aromatic rings. The number of rotatable bonds is 6. The van der Waals surface area contributed by atoms with Gasteiger partial charge in [-0.3, -0.25) is 19.7 Å².